The smallest absolute Gasteiger partial charge is 0.342 e. The molecule has 1 aromatic rings. The van der Waals surface area contributed by atoms with Gasteiger partial charge in [0.2, 0.25) is 0 Å². The monoisotopic (exact) mass is 279 g/mol. The molecule has 2 N–H and O–H groups in total. The number of carbonyl (C=O) groups is 2. The number of hydrogen-bond donors (Lipinski definition) is 2. The largest absolute Gasteiger partial charge is 0.507 e. The summed E-state index contributed by atoms with van der Waals surface area (Å²) in [6.07, 6.45) is 0. The number of aryl methyl sites for hydroxylation is 1. The van der Waals surface area contributed by atoms with Gasteiger partial charge in [-0.2, -0.15) is 0 Å². The molecule has 1 aromatic carbocycles. The maximum atomic E-state index is 11.7. The van der Waals surface area contributed by atoms with Crippen LogP contribution in [-0.4, -0.2) is 29.6 Å². The van der Waals surface area contributed by atoms with Crippen molar-refractivity contribution in [1.82, 2.24) is 5.32 Å². The van der Waals surface area contributed by atoms with Crippen molar-refractivity contribution in [3.63, 3.8) is 0 Å². The number of carbonyl (C=O) groups excluding carboxylic acids is 2. The van der Waals surface area contributed by atoms with Gasteiger partial charge in [0.15, 0.2) is 6.61 Å². The molecule has 0 radical (unpaired) electrons. The molecule has 5 nitrogen and oxygen atoms in total. The highest BCUT2D eigenvalue weighted by atomic mass is 16.5. The first-order valence-electron chi connectivity index (χ1n) is 6.57. The van der Waals surface area contributed by atoms with Gasteiger partial charge in [-0.1, -0.05) is 19.9 Å². The SMILES string of the molecule is Cc1ccc(C(=O)OCC(=O)N[C@@H](C)C(C)C)c(O)c1. The molecule has 0 aliphatic rings. The molecule has 0 aliphatic heterocycles. The van der Waals surface area contributed by atoms with E-state index >= 15 is 0 Å². The molecule has 0 fully saturated rings. The second kappa shape index (κ2) is 6.93. The number of phenols is 1. The number of aromatic hydroxyl groups is 1. The quantitative estimate of drug-likeness (QED) is 0.808. The van der Waals surface area contributed by atoms with Crippen LogP contribution in [-0.2, 0) is 9.53 Å². The Labute approximate surface area is 118 Å². The molecule has 1 rings (SSSR count). The zero-order valence-electron chi connectivity index (χ0n) is 12.3. The maximum absolute atomic E-state index is 11.7. The highest BCUT2D eigenvalue weighted by Gasteiger charge is 2.16. The van der Waals surface area contributed by atoms with Crippen LogP contribution in [0.3, 0.4) is 0 Å². The Kier molecular flexibility index (Phi) is 5.55. The molecule has 0 spiro atoms. The van der Waals surface area contributed by atoms with Crippen LogP contribution in [0.25, 0.3) is 0 Å². The lowest BCUT2D eigenvalue weighted by molar-refractivity contribution is -0.125. The topological polar surface area (TPSA) is 75.6 Å². The van der Waals surface area contributed by atoms with Gasteiger partial charge < -0.3 is 15.2 Å². The van der Waals surface area contributed by atoms with Gasteiger partial charge in [-0.25, -0.2) is 4.79 Å². The minimum Gasteiger partial charge on any atom is -0.507 e. The normalized spacial score (nSPS) is 12.1. The van der Waals surface area contributed by atoms with Crippen molar-refractivity contribution in [3.05, 3.63) is 29.3 Å². The van der Waals surface area contributed by atoms with E-state index in [1.54, 1.807) is 13.0 Å². The fraction of sp³-hybridized carbons (Fsp3) is 0.467. The van der Waals surface area contributed by atoms with Crippen LogP contribution in [0.1, 0.15) is 36.7 Å². The summed E-state index contributed by atoms with van der Waals surface area (Å²) in [5, 5.41) is 12.4. The molecule has 0 bridgehead atoms. The Morgan fingerprint density at radius 1 is 1.30 bits per heavy atom. The highest BCUT2D eigenvalue weighted by molar-refractivity contribution is 5.93. The number of phenolic OH excluding ortho intramolecular Hbond substituents is 1. The van der Waals surface area contributed by atoms with Gasteiger partial charge in [-0.15, -0.1) is 0 Å². The van der Waals surface area contributed by atoms with E-state index in [4.69, 9.17) is 4.74 Å². The van der Waals surface area contributed by atoms with E-state index < -0.39 is 5.97 Å². The lowest BCUT2D eigenvalue weighted by Crippen LogP contribution is -2.38. The predicted molar refractivity (Wildman–Crippen MR) is 75.6 cm³/mol. The van der Waals surface area contributed by atoms with E-state index in [9.17, 15) is 14.7 Å². The van der Waals surface area contributed by atoms with Crippen LogP contribution in [0.15, 0.2) is 18.2 Å². The zero-order chi connectivity index (χ0) is 15.3. The summed E-state index contributed by atoms with van der Waals surface area (Å²) in [6, 6.07) is 4.64. The number of ether oxygens (including phenoxy) is 1. The highest BCUT2D eigenvalue weighted by Crippen LogP contribution is 2.19. The molecule has 0 aliphatic carbocycles. The average Bonchev–Trinajstić information content (AvgIpc) is 2.35. The minimum atomic E-state index is -0.713. The van der Waals surface area contributed by atoms with Crippen LogP contribution in [0, 0.1) is 12.8 Å². The number of hydrogen-bond acceptors (Lipinski definition) is 4. The van der Waals surface area contributed by atoms with Gasteiger partial charge in [0.25, 0.3) is 5.91 Å². The van der Waals surface area contributed by atoms with E-state index in [1.165, 1.54) is 12.1 Å². The molecule has 0 saturated heterocycles. The molecule has 20 heavy (non-hydrogen) atoms. The number of benzene rings is 1. The van der Waals surface area contributed by atoms with Crippen molar-refractivity contribution in [2.24, 2.45) is 5.92 Å². The molecule has 1 amide bonds. The van der Waals surface area contributed by atoms with Crippen molar-refractivity contribution in [3.8, 4) is 5.75 Å². The predicted octanol–water partition coefficient (Wildman–Crippen LogP) is 2.02. The van der Waals surface area contributed by atoms with E-state index in [0.717, 1.165) is 5.56 Å². The Morgan fingerprint density at radius 3 is 2.50 bits per heavy atom. The number of amides is 1. The van der Waals surface area contributed by atoms with Crippen molar-refractivity contribution in [1.29, 1.82) is 0 Å². The van der Waals surface area contributed by atoms with E-state index in [-0.39, 0.29) is 29.9 Å². The summed E-state index contributed by atoms with van der Waals surface area (Å²) in [5.41, 5.74) is 0.892. The van der Waals surface area contributed by atoms with Gasteiger partial charge >= 0.3 is 5.97 Å². The molecule has 0 unspecified atom stereocenters. The van der Waals surface area contributed by atoms with Gasteiger partial charge in [0, 0.05) is 6.04 Å². The van der Waals surface area contributed by atoms with Gasteiger partial charge in [0.1, 0.15) is 11.3 Å². The summed E-state index contributed by atoms with van der Waals surface area (Å²) in [6.45, 7) is 7.30. The first kappa shape index (κ1) is 16.0. The lowest BCUT2D eigenvalue weighted by Gasteiger charge is -2.17. The van der Waals surface area contributed by atoms with Crippen molar-refractivity contribution in [2.75, 3.05) is 6.61 Å². The average molecular weight is 279 g/mol. The molecule has 0 heterocycles. The third kappa shape index (κ3) is 4.57. The summed E-state index contributed by atoms with van der Waals surface area (Å²) in [7, 11) is 0. The van der Waals surface area contributed by atoms with Crippen LogP contribution in [0.4, 0.5) is 0 Å². The van der Waals surface area contributed by atoms with Crippen LogP contribution in [0.5, 0.6) is 5.75 Å². The van der Waals surface area contributed by atoms with Crippen LogP contribution < -0.4 is 5.32 Å². The number of nitrogens with one attached hydrogen (secondary N) is 1. The third-order valence-electron chi connectivity index (χ3n) is 3.10. The summed E-state index contributed by atoms with van der Waals surface area (Å²) in [5.74, 6) is -0.914. The number of esters is 1. The van der Waals surface area contributed by atoms with E-state index in [2.05, 4.69) is 5.32 Å². The molecular weight excluding hydrogens is 258 g/mol. The van der Waals surface area contributed by atoms with Crippen LogP contribution in [0.2, 0.25) is 0 Å². The third-order valence-corrected chi connectivity index (χ3v) is 3.10. The van der Waals surface area contributed by atoms with Crippen molar-refractivity contribution >= 4 is 11.9 Å². The Morgan fingerprint density at radius 2 is 1.95 bits per heavy atom. The Balaban J connectivity index is 2.53. The van der Waals surface area contributed by atoms with Crippen molar-refractivity contribution in [2.45, 2.75) is 33.7 Å². The standard InChI is InChI=1S/C15H21NO4/c1-9(2)11(4)16-14(18)8-20-15(19)12-6-5-10(3)7-13(12)17/h5-7,9,11,17H,8H2,1-4H3,(H,16,18)/t11-/m0/s1. The summed E-state index contributed by atoms with van der Waals surface area (Å²) < 4.78 is 4.88. The van der Waals surface area contributed by atoms with Gasteiger partial charge in [-0.3, -0.25) is 4.79 Å². The second-order valence-corrected chi connectivity index (χ2v) is 5.20. The Bertz CT molecular complexity index is 497. The van der Waals surface area contributed by atoms with Crippen LogP contribution >= 0.6 is 0 Å². The molecule has 0 saturated carbocycles. The lowest BCUT2D eigenvalue weighted by atomic mass is 10.1. The van der Waals surface area contributed by atoms with Crippen molar-refractivity contribution < 1.29 is 19.4 Å². The van der Waals surface area contributed by atoms with Gasteiger partial charge in [0.05, 0.1) is 0 Å². The second-order valence-electron chi connectivity index (χ2n) is 5.20. The fourth-order valence-electron chi connectivity index (χ4n) is 1.49. The van der Waals surface area contributed by atoms with Gasteiger partial charge in [-0.05, 0) is 37.5 Å². The summed E-state index contributed by atoms with van der Waals surface area (Å²) in [4.78, 5) is 23.3. The zero-order valence-corrected chi connectivity index (χ0v) is 12.3. The molecule has 1 atom stereocenters. The fourth-order valence-corrected chi connectivity index (χ4v) is 1.49. The molecule has 5 heteroatoms. The Hall–Kier alpha value is -2.04. The molecular formula is C15H21NO4. The van der Waals surface area contributed by atoms with E-state index in [0.29, 0.717) is 5.92 Å². The van der Waals surface area contributed by atoms with E-state index in [1.807, 2.05) is 20.8 Å². The summed E-state index contributed by atoms with van der Waals surface area (Å²) >= 11 is 0. The maximum Gasteiger partial charge on any atom is 0.342 e. The first-order chi connectivity index (χ1) is 9.31. The number of rotatable bonds is 5. The first-order valence-corrected chi connectivity index (χ1v) is 6.57. The minimum absolute atomic E-state index is 0.00831. The molecule has 0 aromatic heterocycles. The molecule has 110 valence electrons.